The van der Waals surface area contributed by atoms with Crippen LogP contribution in [0.5, 0.6) is 5.75 Å². The number of phenolic OH excluding ortho intramolecular Hbond substituents is 1. The summed E-state index contributed by atoms with van der Waals surface area (Å²) in [4.78, 5) is 39.7. The fourth-order valence-electron chi connectivity index (χ4n) is 5.00. The molecule has 2 bridgehead atoms. The molecule has 2 saturated heterocycles. The van der Waals surface area contributed by atoms with Crippen molar-refractivity contribution in [2.24, 2.45) is 0 Å². The number of fused-ring (bicyclic) bond motifs is 2. The molecule has 2 aromatic carbocycles. The van der Waals surface area contributed by atoms with Gasteiger partial charge < -0.3 is 50.5 Å². The van der Waals surface area contributed by atoms with E-state index in [0.29, 0.717) is 29.0 Å². The minimum atomic E-state index is -2.24. The summed E-state index contributed by atoms with van der Waals surface area (Å²) in [6, 6.07) is 9.92. The second kappa shape index (κ2) is 14.1. The molecule has 0 aliphatic carbocycles. The second-order valence-corrected chi connectivity index (χ2v) is 10.6. The number of alkyl carbamates (subject to hydrolysis) is 1. The van der Waals surface area contributed by atoms with E-state index in [1.54, 1.807) is 30.3 Å². The Hall–Kier alpha value is -3.79. The standard InChI is InChI=1S/C29H37N3O11/c1-2-3-13-41-27(37)21(22-23(34)29(39)16-43-26(24(29)35)32(22)40)31-25(36)20(14-17-9-11-19(33)12-10-17)30-28(38)42-15-18-7-5-4-6-8-18/h4-12,20-24,26,33-35,39-40H,2-3,13-16H2,1H3,(H,30,38)(H,31,36)/t20-,21-,22-,23-,24-,26-,29+/m0/s1. The predicted octanol–water partition coefficient (Wildman–Crippen LogP) is -0.0596. The molecular formula is C29H37N3O11. The molecule has 2 aliphatic heterocycles. The Balaban J connectivity index is 1.57. The van der Waals surface area contributed by atoms with Gasteiger partial charge in [0, 0.05) is 6.42 Å². The van der Waals surface area contributed by atoms with Gasteiger partial charge in [-0.2, -0.15) is 5.06 Å². The third-order valence-electron chi connectivity index (χ3n) is 7.50. The maximum Gasteiger partial charge on any atom is 0.408 e. The van der Waals surface area contributed by atoms with Crippen LogP contribution in [0.2, 0.25) is 0 Å². The highest BCUT2D eigenvalue weighted by molar-refractivity contribution is 5.90. The van der Waals surface area contributed by atoms with Crippen LogP contribution in [0, 0.1) is 0 Å². The van der Waals surface area contributed by atoms with Crippen molar-refractivity contribution in [1.82, 2.24) is 15.7 Å². The highest BCUT2D eigenvalue weighted by Crippen LogP contribution is 2.39. The lowest BCUT2D eigenvalue weighted by molar-refractivity contribution is -0.298. The number of carbonyl (C=O) groups excluding carboxylic acids is 3. The largest absolute Gasteiger partial charge is 0.508 e. The number of amides is 2. The fraction of sp³-hybridized carbons (Fsp3) is 0.483. The first kappa shape index (κ1) is 32.1. The molecule has 0 radical (unpaired) electrons. The topological polar surface area (TPSA) is 207 Å². The minimum Gasteiger partial charge on any atom is -0.508 e. The van der Waals surface area contributed by atoms with Crippen molar-refractivity contribution < 1.29 is 54.2 Å². The smallest absolute Gasteiger partial charge is 0.408 e. The van der Waals surface area contributed by atoms with E-state index in [4.69, 9.17) is 14.2 Å². The molecule has 2 fully saturated rings. The lowest BCUT2D eigenvalue weighted by atomic mass is 9.80. The van der Waals surface area contributed by atoms with Crippen LogP contribution in [0.3, 0.4) is 0 Å². The number of aliphatic hydroxyl groups is 3. The zero-order valence-electron chi connectivity index (χ0n) is 23.5. The Bertz CT molecular complexity index is 1250. The number of hydrogen-bond donors (Lipinski definition) is 7. The molecule has 2 heterocycles. The number of hydrogen-bond acceptors (Lipinski definition) is 12. The number of nitrogens with one attached hydrogen (secondary N) is 2. The van der Waals surface area contributed by atoms with Crippen LogP contribution < -0.4 is 10.6 Å². The molecule has 43 heavy (non-hydrogen) atoms. The van der Waals surface area contributed by atoms with E-state index in [9.17, 15) is 40.0 Å². The maximum atomic E-state index is 13.7. The Morgan fingerprint density at radius 3 is 2.40 bits per heavy atom. The number of hydroxylamine groups is 2. The van der Waals surface area contributed by atoms with Gasteiger partial charge in [0.05, 0.1) is 19.3 Å². The third-order valence-corrected chi connectivity index (χ3v) is 7.50. The molecule has 0 aromatic heterocycles. The normalized spacial score (nSPS) is 26.3. The number of unbranched alkanes of at least 4 members (excludes halogenated alkanes) is 1. The van der Waals surface area contributed by atoms with Gasteiger partial charge in [-0.05, 0) is 29.7 Å². The minimum absolute atomic E-state index is 0.0128. The third kappa shape index (κ3) is 7.41. The van der Waals surface area contributed by atoms with Crippen LogP contribution in [0.15, 0.2) is 54.6 Å². The van der Waals surface area contributed by atoms with E-state index >= 15 is 0 Å². The van der Waals surface area contributed by atoms with E-state index in [1.165, 1.54) is 24.3 Å². The summed E-state index contributed by atoms with van der Waals surface area (Å²) in [5.74, 6) is -1.95. The number of phenols is 1. The lowest BCUT2D eigenvalue weighted by Crippen LogP contribution is -2.74. The summed E-state index contributed by atoms with van der Waals surface area (Å²) in [7, 11) is 0. The average Bonchev–Trinajstić information content (AvgIpc) is 3.26. The van der Waals surface area contributed by atoms with Gasteiger partial charge in [0.25, 0.3) is 0 Å². The molecular weight excluding hydrogens is 566 g/mol. The number of aliphatic hydroxyl groups excluding tert-OH is 2. The molecule has 2 amide bonds. The van der Waals surface area contributed by atoms with E-state index in [1.807, 2.05) is 6.92 Å². The molecule has 14 nitrogen and oxygen atoms in total. The average molecular weight is 604 g/mol. The summed E-state index contributed by atoms with van der Waals surface area (Å²) < 4.78 is 15.8. The Morgan fingerprint density at radius 2 is 1.72 bits per heavy atom. The van der Waals surface area contributed by atoms with E-state index in [-0.39, 0.29) is 25.4 Å². The SMILES string of the molecule is CCCCOC(=O)[C@@H](NC(=O)[C@H](Cc1ccc(O)cc1)NC(=O)OCc1ccccc1)[C@H]1[C@H](O)[C@]2(O)CO[C@@H]([C@@H]2O)N1O. The number of carbonyl (C=O) groups is 3. The van der Waals surface area contributed by atoms with E-state index in [2.05, 4.69) is 10.6 Å². The molecule has 7 N–H and O–H groups in total. The van der Waals surface area contributed by atoms with Gasteiger partial charge in [-0.3, -0.25) is 4.79 Å². The number of ether oxygens (including phenoxy) is 3. The van der Waals surface area contributed by atoms with Crippen molar-refractivity contribution >= 4 is 18.0 Å². The number of benzene rings is 2. The molecule has 14 heteroatoms. The molecule has 0 unspecified atom stereocenters. The van der Waals surface area contributed by atoms with Crippen molar-refractivity contribution in [3.63, 3.8) is 0 Å². The van der Waals surface area contributed by atoms with Crippen molar-refractivity contribution in [2.75, 3.05) is 13.2 Å². The van der Waals surface area contributed by atoms with Gasteiger partial charge in [-0.15, -0.1) is 0 Å². The second-order valence-electron chi connectivity index (χ2n) is 10.6. The molecule has 2 aromatic rings. The number of aromatic hydroxyl groups is 1. The first-order chi connectivity index (χ1) is 20.5. The first-order valence-electron chi connectivity index (χ1n) is 13.9. The fourth-order valence-corrected chi connectivity index (χ4v) is 5.00. The zero-order chi connectivity index (χ0) is 31.1. The summed E-state index contributed by atoms with van der Waals surface area (Å²) in [6.45, 7) is 1.22. The predicted molar refractivity (Wildman–Crippen MR) is 147 cm³/mol. The summed E-state index contributed by atoms with van der Waals surface area (Å²) in [5.41, 5.74) is -1.00. The molecule has 4 rings (SSSR count). The van der Waals surface area contributed by atoms with Crippen LogP contribution in [-0.2, 0) is 36.8 Å². The van der Waals surface area contributed by atoms with Gasteiger partial charge in [0.1, 0.15) is 42.2 Å². The van der Waals surface area contributed by atoms with E-state index < -0.39 is 66.7 Å². The summed E-state index contributed by atoms with van der Waals surface area (Å²) in [5, 5.41) is 58.1. The van der Waals surface area contributed by atoms with Crippen LogP contribution in [-0.4, -0.2) is 104 Å². The van der Waals surface area contributed by atoms with Crippen molar-refractivity contribution in [3.8, 4) is 5.75 Å². The number of nitrogens with zero attached hydrogens (tertiary/aromatic N) is 1. The van der Waals surface area contributed by atoms with Crippen LogP contribution in [0.1, 0.15) is 30.9 Å². The highest BCUT2D eigenvalue weighted by Gasteiger charge is 2.65. The summed E-state index contributed by atoms with van der Waals surface area (Å²) >= 11 is 0. The Morgan fingerprint density at radius 1 is 1.02 bits per heavy atom. The maximum absolute atomic E-state index is 13.7. The Labute approximate surface area is 247 Å². The van der Waals surface area contributed by atoms with Crippen LogP contribution >= 0.6 is 0 Å². The van der Waals surface area contributed by atoms with Crippen molar-refractivity contribution in [3.05, 3.63) is 65.7 Å². The van der Waals surface area contributed by atoms with Crippen LogP contribution in [0.25, 0.3) is 0 Å². The molecule has 7 atom stereocenters. The van der Waals surface area contributed by atoms with E-state index in [0.717, 1.165) is 0 Å². The first-order valence-corrected chi connectivity index (χ1v) is 13.9. The van der Waals surface area contributed by atoms with Gasteiger partial charge in [0.15, 0.2) is 6.23 Å². The monoisotopic (exact) mass is 603 g/mol. The zero-order valence-corrected chi connectivity index (χ0v) is 23.5. The molecule has 234 valence electrons. The van der Waals surface area contributed by atoms with Gasteiger partial charge in [0.2, 0.25) is 5.91 Å². The highest BCUT2D eigenvalue weighted by atomic mass is 16.6. The van der Waals surface area contributed by atoms with Crippen LogP contribution in [0.4, 0.5) is 4.79 Å². The number of esters is 1. The molecule has 2 aliphatic rings. The number of rotatable bonds is 12. The quantitative estimate of drug-likeness (QED) is 0.126. The van der Waals surface area contributed by atoms with Gasteiger partial charge in [-0.25, -0.2) is 9.59 Å². The Kier molecular flexibility index (Phi) is 10.6. The van der Waals surface area contributed by atoms with Crippen molar-refractivity contribution in [2.45, 2.75) is 75.0 Å². The van der Waals surface area contributed by atoms with Gasteiger partial charge >= 0.3 is 12.1 Å². The molecule has 0 spiro atoms. The summed E-state index contributed by atoms with van der Waals surface area (Å²) in [6.07, 6.45) is -5.03. The lowest BCUT2D eigenvalue weighted by Gasteiger charge is -2.46. The van der Waals surface area contributed by atoms with Crippen molar-refractivity contribution in [1.29, 1.82) is 0 Å². The molecule has 0 saturated carbocycles. The number of piperidine rings is 1. The van der Waals surface area contributed by atoms with Gasteiger partial charge in [-0.1, -0.05) is 55.8 Å².